The number of carbonyl (C=O) groups excluding carboxylic acids is 2. The summed E-state index contributed by atoms with van der Waals surface area (Å²) in [7, 11) is 0.671. The van der Waals surface area contributed by atoms with Crippen LogP contribution in [0.3, 0.4) is 0 Å². The molecule has 0 radical (unpaired) electrons. The lowest BCUT2D eigenvalue weighted by atomic mass is 9.86. The van der Waals surface area contributed by atoms with Crippen molar-refractivity contribution >= 4 is 72.7 Å². The summed E-state index contributed by atoms with van der Waals surface area (Å²) in [4.78, 5) is 30.6. The second kappa shape index (κ2) is 19.2. The summed E-state index contributed by atoms with van der Waals surface area (Å²) < 4.78 is 60.8. The van der Waals surface area contributed by atoms with Gasteiger partial charge >= 0.3 is 12.0 Å². The molecule has 0 bridgehead atoms. The van der Waals surface area contributed by atoms with E-state index in [9.17, 15) is 18.0 Å². The summed E-state index contributed by atoms with van der Waals surface area (Å²) in [6, 6.07) is 24.5. The number of sulfonamides is 1. The molecule has 0 saturated carbocycles. The number of aromatic nitrogens is 1. The fourth-order valence-corrected chi connectivity index (χ4v) is 7.47. The van der Waals surface area contributed by atoms with Gasteiger partial charge in [-0.1, -0.05) is 45.0 Å². The molecule has 6 rings (SSSR count). The van der Waals surface area contributed by atoms with Gasteiger partial charge in [-0.2, -0.15) is 0 Å². The van der Waals surface area contributed by atoms with Crippen molar-refractivity contribution in [3.63, 3.8) is 0 Å². The number of anilines is 5. The number of thiophene rings is 1. The molecule has 0 aliphatic carbocycles. The van der Waals surface area contributed by atoms with Crippen LogP contribution in [0.2, 0.25) is 0 Å². The number of hydrogen-bond donors (Lipinski definition) is 4. The topological polar surface area (TPSA) is 185 Å². The van der Waals surface area contributed by atoms with Crippen molar-refractivity contribution in [2.24, 2.45) is 0 Å². The number of urea groups is 1. The SMILES string of the molecule is COC(=O)c1csc(COCCOc2cc(Nc3cc(Oc4ccc(NC(=O)Nc5cc(C(C)(C)C)cc(NS(C)(=O)=O)c5OC)c5ccccc45)ccn3)cc(OC)c2)c1. The average molecular weight is 870 g/mol. The molecule has 320 valence electrons. The van der Waals surface area contributed by atoms with E-state index < -0.39 is 16.1 Å². The fraction of sp³-hybridized carbons (Fsp3) is 0.250. The van der Waals surface area contributed by atoms with E-state index in [0.29, 0.717) is 64.4 Å². The predicted molar refractivity (Wildman–Crippen MR) is 238 cm³/mol. The van der Waals surface area contributed by atoms with Gasteiger partial charge in [-0.05, 0) is 47.4 Å². The van der Waals surface area contributed by atoms with Gasteiger partial charge in [0.25, 0.3) is 0 Å². The van der Waals surface area contributed by atoms with E-state index >= 15 is 0 Å². The molecule has 0 fully saturated rings. The van der Waals surface area contributed by atoms with Crippen LogP contribution in [0.1, 0.15) is 41.6 Å². The molecular formula is C44H47N5O10S2. The molecular weight excluding hydrogens is 823 g/mol. The Labute approximate surface area is 358 Å². The van der Waals surface area contributed by atoms with Crippen LogP contribution in [0.25, 0.3) is 10.8 Å². The van der Waals surface area contributed by atoms with Crippen LogP contribution >= 0.6 is 11.3 Å². The van der Waals surface area contributed by atoms with Gasteiger partial charge in [-0.15, -0.1) is 11.3 Å². The summed E-state index contributed by atoms with van der Waals surface area (Å²) in [6.45, 7) is 6.88. The van der Waals surface area contributed by atoms with E-state index in [1.807, 2.05) is 57.2 Å². The Kier molecular flexibility index (Phi) is 13.9. The van der Waals surface area contributed by atoms with Crippen LogP contribution in [0.15, 0.2) is 96.5 Å². The predicted octanol–water partition coefficient (Wildman–Crippen LogP) is 9.54. The monoisotopic (exact) mass is 869 g/mol. The number of ether oxygens (including phenoxy) is 6. The van der Waals surface area contributed by atoms with Crippen LogP contribution in [-0.4, -0.2) is 66.2 Å². The van der Waals surface area contributed by atoms with Crippen LogP contribution in [0.5, 0.6) is 28.7 Å². The van der Waals surface area contributed by atoms with Crippen LogP contribution < -0.4 is 39.6 Å². The third-order valence-corrected chi connectivity index (χ3v) is 10.5. The Morgan fingerprint density at radius 2 is 1.52 bits per heavy atom. The zero-order valence-electron chi connectivity index (χ0n) is 34.7. The Bertz CT molecular complexity index is 2640. The molecule has 6 aromatic rings. The van der Waals surface area contributed by atoms with Gasteiger partial charge in [-0.3, -0.25) is 4.72 Å². The largest absolute Gasteiger partial charge is 0.497 e. The van der Waals surface area contributed by atoms with Crippen LogP contribution in [0, 0.1) is 0 Å². The molecule has 0 atom stereocenters. The number of carbonyl (C=O) groups is 2. The van der Waals surface area contributed by atoms with E-state index in [0.717, 1.165) is 22.1 Å². The molecule has 17 heteroatoms. The maximum atomic E-state index is 13.5. The number of hydrogen-bond acceptors (Lipinski definition) is 13. The van der Waals surface area contributed by atoms with Gasteiger partial charge in [0.2, 0.25) is 10.0 Å². The molecule has 0 aliphatic heterocycles. The number of nitrogens with zero attached hydrogens (tertiary/aromatic N) is 1. The quantitative estimate of drug-likeness (QED) is 0.0504. The van der Waals surface area contributed by atoms with Crippen LogP contribution in [-0.2, 0) is 31.5 Å². The highest BCUT2D eigenvalue weighted by atomic mass is 32.2. The third kappa shape index (κ3) is 11.8. The lowest BCUT2D eigenvalue weighted by molar-refractivity contribution is 0.0600. The second-order valence-electron chi connectivity index (χ2n) is 14.7. The minimum absolute atomic E-state index is 0.166. The molecule has 0 spiro atoms. The minimum Gasteiger partial charge on any atom is -0.497 e. The highest BCUT2D eigenvalue weighted by Crippen LogP contribution is 2.40. The van der Waals surface area contributed by atoms with Gasteiger partial charge in [0, 0.05) is 57.2 Å². The Balaban J connectivity index is 1.12. The van der Waals surface area contributed by atoms with Crippen molar-refractivity contribution in [2.75, 3.05) is 61.5 Å². The molecule has 61 heavy (non-hydrogen) atoms. The molecule has 0 unspecified atom stereocenters. The van der Waals surface area contributed by atoms with Crippen molar-refractivity contribution in [1.82, 2.24) is 4.98 Å². The van der Waals surface area contributed by atoms with Crippen molar-refractivity contribution in [2.45, 2.75) is 32.8 Å². The Morgan fingerprint density at radius 3 is 2.25 bits per heavy atom. The number of fused-ring (bicyclic) bond motifs is 1. The number of pyridine rings is 1. The number of methoxy groups -OCH3 is 3. The van der Waals surface area contributed by atoms with E-state index in [2.05, 4.69) is 25.7 Å². The smallest absolute Gasteiger partial charge is 0.338 e. The highest BCUT2D eigenvalue weighted by Gasteiger charge is 2.23. The number of benzene rings is 4. The van der Waals surface area contributed by atoms with Gasteiger partial charge in [0.15, 0.2) is 5.75 Å². The zero-order valence-corrected chi connectivity index (χ0v) is 36.3. The number of rotatable bonds is 17. The van der Waals surface area contributed by atoms with Crippen molar-refractivity contribution in [3.8, 4) is 28.7 Å². The summed E-state index contributed by atoms with van der Waals surface area (Å²) in [5, 5.41) is 12.2. The van der Waals surface area contributed by atoms with Gasteiger partial charge < -0.3 is 44.4 Å². The molecule has 2 heterocycles. The number of nitrogens with one attached hydrogen (secondary N) is 4. The minimum atomic E-state index is -3.65. The molecule has 15 nitrogen and oxygen atoms in total. The first-order valence-corrected chi connectivity index (χ1v) is 21.7. The number of esters is 1. The van der Waals surface area contributed by atoms with Crippen molar-refractivity contribution < 1.29 is 46.4 Å². The maximum Gasteiger partial charge on any atom is 0.338 e. The first kappa shape index (κ1) is 44.0. The summed E-state index contributed by atoms with van der Waals surface area (Å²) in [5.41, 5.74) is 2.57. The van der Waals surface area contributed by atoms with Crippen LogP contribution in [0.4, 0.5) is 33.4 Å². The zero-order chi connectivity index (χ0) is 43.7. The first-order valence-electron chi connectivity index (χ1n) is 18.9. The van der Waals surface area contributed by atoms with Gasteiger partial charge in [-0.25, -0.2) is 23.0 Å². The standard InChI is InChI=1S/C44H47N5O10S2/c1-44(2,3)28-19-37(41(55-5)38(20-28)49-61(7,52)53)48-43(51)47-36-12-13-39(35-11-9-8-10-34(35)36)59-30-14-15-45-40(24-30)46-29-21-31(54-4)23-32(22-29)58-17-16-57-25-33-18-27(26-60-33)42(50)56-6/h8-15,18-24,26,49H,16-17,25H2,1-7H3,(H,45,46)(H2,47,48,51). The Morgan fingerprint density at radius 1 is 0.787 bits per heavy atom. The summed E-state index contributed by atoms with van der Waals surface area (Å²) in [5.74, 6) is 2.46. The average Bonchev–Trinajstić information content (AvgIpc) is 3.69. The van der Waals surface area contributed by atoms with Gasteiger partial charge in [0.1, 0.15) is 35.4 Å². The third-order valence-electron chi connectivity index (χ3n) is 9.00. The van der Waals surface area contributed by atoms with E-state index in [1.54, 1.807) is 67.2 Å². The van der Waals surface area contributed by atoms with E-state index in [1.165, 1.54) is 25.6 Å². The molecule has 2 aromatic heterocycles. The molecule has 4 aromatic carbocycles. The molecule has 2 amide bonds. The van der Waals surface area contributed by atoms with Gasteiger partial charge in [0.05, 0.1) is 63.4 Å². The normalized spacial score (nSPS) is 11.4. The molecule has 0 saturated heterocycles. The maximum absolute atomic E-state index is 13.5. The number of amides is 2. The summed E-state index contributed by atoms with van der Waals surface area (Å²) in [6.07, 6.45) is 2.67. The van der Waals surface area contributed by atoms with Crippen molar-refractivity contribution in [1.29, 1.82) is 0 Å². The highest BCUT2D eigenvalue weighted by molar-refractivity contribution is 7.92. The summed E-state index contributed by atoms with van der Waals surface area (Å²) >= 11 is 1.42. The first-order chi connectivity index (χ1) is 29.1. The molecule has 0 aliphatic rings. The van der Waals surface area contributed by atoms with E-state index in [4.69, 9.17) is 28.4 Å². The molecule has 4 N–H and O–H groups in total. The lowest BCUT2D eigenvalue weighted by Gasteiger charge is -2.24. The fourth-order valence-electron chi connectivity index (χ4n) is 6.13. The lowest BCUT2D eigenvalue weighted by Crippen LogP contribution is -2.22. The van der Waals surface area contributed by atoms with E-state index in [-0.39, 0.29) is 35.1 Å². The van der Waals surface area contributed by atoms with Crippen molar-refractivity contribution in [3.05, 3.63) is 113 Å². The second-order valence-corrected chi connectivity index (χ2v) is 17.4. The Hall–Kier alpha value is -6.56.